The van der Waals surface area contributed by atoms with Crippen LogP contribution in [0.25, 0.3) is 77.2 Å². The van der Waals surface area contributed by atoms with E-state index in [-0.39, 0.29) is 5.41 Å². The number of para-hydroxylation sites is 1. The molecule has 0 N–H and O–H groups in total. The predicted molar refractivity (Wildman–Crippen MR) is 240 cm³/mol. The molecular weight excluding hydrogens is 691 g/mol. The summed E-state index contributed by atoms with van der Waals surface area (Å²) in [6, 6.07) is 72.5. The fraction of sp³-hybridized carbons (Fsp3) is 0.0545. The van der Waals surface area contributed by atoms with E-state index in [2.05, 4.69) is 219 Å². The third kappa shape index (κ3) is 5.40. The highest BCUT2D eigenvalue weighted by Gasteiger charge is 2.36. The topological polar surface area (TPSA) is 16.4 Å². The number of nitrogens with zero attached hydrogens (tertiary/aromatic N) is 1. The van der Waals surface area contributed by atoms with Gasteiger partial charge in [-0.1, -0.05) is 172 Å². The second kappa shape index (κ2) is 13.0. The molecule has 1 heterocycles. The standard InChI is InChI=1S/C55H39NO/c1-55(2)49-20-12-11-19-46(49)47-30-29-44(35-50(47)55)56(43-17-7-4-8-18-43)51-32-31-45(53-48-33-41-15-9-10-16-42(41)34-52(48)57-54(51)53)40-27-25-39(26-28-40)38-23-21-37(22-24-38)36-13-5-3-6-14-36/h3-35H,1-2H3. The van der Waals surface area contributed by atoms with E-state index >= 15 is 0 Å². The number of benzene rings is 9. The van der Waals surface area contributed by atoms with E-state index in [0.717, 1.165) is 55.5 Å². The Morgan fingerprint density at radius 2 is 0.947 bits per heavy atom. The van der Waals surface area contributed by atoms with E-state index in [1.54, 1.807) is 0 Å². The van der Waals surface area contributed by atoms with Crippen molar-refractivity contribution in [2.75, 3.05) is 4.90 Å². The molecule has 2 nitrogen and oxygen atoms in total. The second-order valence-electron chi connectivity index (χ2n) is 15.7. The van der Waals surface area contributed by atoms with Crippen LogP contribution in [0.15, 0.2) is 205 Å². The van der Waals surface area contributed by atoms with Gasteiger partial charge in [0, 0.05) is 27.6 Å². The lowest BCUT2D eigenvalue weighted by Gasteiger charge is -2.28. The molecule has 0 spiro atoms. The Kier molecular flexibility index (Phi) is 7.55. The number of furan rings is 1. The Balaban J connectivity index is 1.08. The first kappa shape index (κ1) is 33.2. The van der Waals surface area contributed by atoms with E-state index in [1.807, 2.05) is 0 Å². The molecule has 0 amide bonds. The van der Waals surface area contributed by atoms with Crippen molar-refractivity contribution in [3.8, 4) is 44.5 Å². The molecule has 0 fully saturated rings. The van der Waals surface area contributed by atoms with Crippen molar-refractivity contribution in [2.45, 2.75) is 19.3 Å². The first-order chi connectivity index (χ1) is 28.0. The van der Waals surface area contributed by atoms with Crippen LogP contribution in [0.3, 0.4) is 0 Å². The van der Waals surface area contributed by atoms with Crippen LogP contribution in [0.4, 0.5) is 17.1 Å². The summed E-state index contributed by atoms with van der Waals surface area (Å²) in [4.78, 5) is 2.37. The van der Waals surface area contributed by atoms with E-state index in [0.29, 0.717) is 0 Å². The van der Waals surface area contributed by atoms with Gasteiger partial charge in [-0.15, -0.1) is 0 Å². The van der Waals surface area contributed by atoms with Crippen molar-refractivity contribution in [3.05, 3.63) is 211 Å². The van der Waals surface area contributed by atoms with Gasteiger partial charge in [-0.25, -0.2) is 0 Å². The highest BCUT2D eigenvalue weighted by Crippen LogP contribution is 2.52. The lowest BCUT2D eigenvalue weighted by molar-refractivity contribution is 0.660. The summed E-state index contributed by atoms with van der Waals surface area (Å²) in [6.07, 6.45) is 0. The van der Waals surface area contributed by atoms with E-state index in [1.165, 1.54) is 49.9 Å². The van der Waals surface area contributed by atoms with Crippen LogP contribution in [-0.4, -0.2) is 0 Å². The Hall–Kier alpha value is -7.16. The monoisotopic (exact) mass is 729 g/mol. The fourth-order valence-electron chi connectivity index (χ4n) is 9.13. The fourth-order valence-corrected chi connectivity index (χ4v) is 9.13. The maximum atomic E-state index is 7.06. The van der Waals surface area contributed by atoms with E-state index in [4.69, 9.17) is 4.42 Å². The number of rotatable bonds is 6. The lowest BCUT2D eigenvalue weighted by Crippen LogP contribution is -2.16. The number of hydrogen-bond donors (Lipinski definition) is 0. The summed E-state index contributed by atoms with van der Waals surface area (Å²) in [6.45, 7) is 4.69. The van der Waals surface area contributed by atoms with Gasteiger partial charge < -0.3 is 9.32 Å². The average molecular weight is 730 g/mol. The maximum Gasteiger partial charge on any atom is 0.160 e. The smallest absolute Gasteiger partial charge is 0.160 e. The summed E-state index contributed by atoms with van der Waals surface area (Å²) >= 11 is 0. The van der Waals surface area contributed by atoms with Crippen LogP contribution in [0.5, 0.6) is 0 Å². The molecule has 0 atom stereocenters. The minimum atomic E-state index is -0.126. The van der Waals surface area contributed by atoms with Crippen molar-refractivity contribution in [3.63, 3.8) is 0 Å². The minimum Gasteiger partial charge on any atom is -0.454 e. The van der Waals surface area contributed by atoms with Crippen molar-refractivity contribution in [1.82, 2.24) is 0 Å². The van der Waals surface area contributed by atoms with Crippen LogP contribution >= 0.6 is 0 Å². The van der Waals surface area contributed by atoms with Crippen LogP contribution in [0, 0.1) is 0 Å². The Morgan fingerprint density at radius 1 is 0.404 bits per heavy atom. The molecule has 0 saturated heterocycles. The zero-order valence-corrected chi connectivity index (χ0v) is 31.9. The third-order valence-electron chi connectivity index (χ3n) is 12.1. The number of hydrogen-bond acceptors (Lipinski definition) is 2. The van der Waals surface area contributed by atoms with Gasteiger partial charge in [-0.3, -0.25) is 0 Å². The predicted octanol–water partition coefficient (Wildman–Crippen LogP) is 15.5. The van der Waals surface area contributed by atoms with Gasteiger partial charge in [0.25, 0.3) is 0 Å². The van der Waals surface area contributed by atoms with E-state index in [9.17, 15) is 0 Å². The lowest BCUT2D eigenvalue weighted by atomic mass is 9.82. The van der Waals surface area contributed by atoms with Crippen molar-refractivity contribution < 1.29 is 4.42 Å². The Morgan fingerprint density at radius 3 is 1.65 bits per heavy atom. The molecule has 1 aromatic heterocycles. The largest absolute Gasteiger partial charge is 0.454 e. The van der Waals surface area contributed by atoms with Crippen LogP contribution in [-0.2, 0) is 5.41 Å². The highest BCUT2D eigenvalue weighted by atomic mass is 16.3. The highest BCUT2D eigenvalue weighted by molar-refractivity contribution is 6.19. The average Bonchev–Trinajstić information content (AvgIpc) is 3.75. The summed E-state index contributed by atoms with van der Waals surface area (Å²) in [5.41, 5.74) is 17.3. The third-order valence-corrected chi connectivity index (χ3v) is 12.1. The molecule has 270 valence electrons. The van der Waals surface area contributed by atoms with Crippen LogP contribution < -0.4 is 4.90 Å². The van der Waals surface area contributed by atoms with Crippen LogP contribution in [0.2, 0.25) is 0 Å². The molecule has 1 aliphatic carbocycles. The molecule has 1 aliphatic rings. The van der Waals surface area contributed by atoms with Crippen molar-refractivity contribution in [1.29, 1.82) is 0 Å². The summed E-state index contributed by atoms with van der Waals surface area (Å²) in [7, 11) is 0. The molecule has 57 heavy (non-hydrogen) atoms. The summed E-state index contributed by atoms with van der Waals surface area (Å²) in [5.74, 6) is 0. The van der Waals surface area contributed by atoms with Crippen molar-refractivity contribution in [2.24, 2.45) is 0 Å². The molecule has 11 rings (SSSR count). The molecular formula is C55H39NO. The molecule has 0 bridgehead atoms. The van der Waals surface area contributed by atoms with E-state index < -0.39 is 0 Å². The van der Waals surface area contributed by atoms with Gasteiger partial charge in [-0.2, -0.15) is 0 Å². The molecule has 0 radical (unpaired) electrons. The molecule has 0 saturated carbocycles. The zero-order valence-electron chi connectivity index (χ0n) is 31.9. The van der Waals surface area contributed by atoms with Crippen molar-refractivity contribution >= 4 is 49.8 Å². The quantitative estimate of drug-likeness (QED) is 0.169. The SMILES string of the molecule is CC1(C)c2ccccc2-c2ccc(N(c3ccccc3)c3ccc(-c4ccc(-c5ccc(-c6ccccc6)cc5)cc4)c4c3oc3cc5ccccc5cc34)cc21. The van der Waals surface area contributed by atoms with Crippen LogP contribution in [0.1, 0.15) is 25.0 Å². The van der Waals surface area contributed by atoms with Gasteiger partial charge in [0.05, 0.1) is 5.69 Å². The second-order valence-corrected chi connectivity index (χ2v) is 15.7. The molecule has 9 aromatic carbocycles. The van der Waals surface area contributed by atoms with Gasteiger partial charge in [0.15, 0.2) is 5.58 Å². The first-order valence-electron chi connectivity index (χ1n) is 19.8. The Bertz CT molecular complexity index is 3120. The molecule has 0 unspecified atom stereocenters. The molecule has 0 aliphatic heterocycles. The molecule has 2 heteroatoms. The Labute approximate surface area is 332 Å². The number of fused-ring (bicyclic) bond motifs is 7. The normalized spacial score (nSPS) is 12.9. The summed E-state index contributed by atoms with van der Waals surface area (Å²) in [5, 5.41) is 4.58. The van der Waals surface area contributed by atoms with Gasteiger partial charge in [0.1, 0.15) is 5.58 Å². The zero-order chi connectivity index (χ0) is 38.1. The number of anilines is 3. The van der Waals surface area contributed by atoms with Gasteiger partial charge in [0.2, 0.25) is 0 Å². The van der Waals surface area contributed by atoms with Gasteiger partial charge in [-0.05, 0) is 109 Å². The minimum absolute atomic E-state index is 0.126. The molecule has 10 aromatic rings. The maximum absolute atomic E-state index is 7.06. The first-order valence-corrected chi connectivity index (χ1v) is 19.8. The summed E-state index contributed by atoms with van der Waals surface area (Å²) < 4.78 is 7.06. The van der Waals surface area contributed by atoms with Gasteiger partial charge >= 0.3 is 0 Å².